The highest BCUT2D eigenvalue weighted by atomic mass is 19.4. The number of hydrogen-bond donors (Lipinski definition) is 1. The molecule has 0 aromatic heterocycles. The maximum Gasteiger partial charge on any atom is 0.471 e. The van der Waals surface area contributed by atoms with Crippen LogP contribution in [0.25, 0.3) is 0 Å². The maximum absolute atomic E-state index is 12.2. The molecule has 0 aromatic carbocycles. The number of aliphatic carboxylic acids is 1. The van der Waals surface area contributed by atoms with Crippen LogP contribution in [0.4, 0.5) is 13.2 Å². The van der Waals surface area contributed by atoms with E-state index in [0.717, 1.165) is 0 Å². The van der Waals surface area contributed by atoms with E-state index < -0.39 is 23.7 Å². The lowest BCUT2D eigenvalue weighted by atomic mass is 9.91. The number of carboxylic acids is 1. The molecule has 0 spiro atoms. The van der Waals surface area contributed by atoms with Crippen LogP contribution in [0.1, 0.15) is 19.8 Å². The van der Waals surface area contributed by atoms with E-state index in [4.69, 9.17) is 9.84 Å². The Bertz CT molecular complexity index is 335. The summed E-state index contributed by atoms with van der Waals surface area (Å²) in [6, 6.07) is 0. The first-order valence-electron chi connectivity index (χ1n) is 5.46. The van der Waals surface area contributed by atoms with Crippen molar-refractivity contribution >= 4 is 11.9 Å². The van der Waals surface area contributed by atoms with E-state index in [-0.39, 0.29) is 32.5 Å². The molecule has 1 amide bonds. The fourth-order valence-corrected chi connectivity index (χ4v) is 1.95. The van der Waals surface area contributed by atoms with Crippen LogP contribution in [0, 0.1) is 0 Å². The van der Waals surface area contributed by atoms with Crippen molar-refractivity contribution < 1.29 is 32.6 Å². The van der Waals surface area contributed by atoms with Gasteiger partial charge in [0, 0.05) is 32.5 Å². The number of ether oxygens (including phenoxy) is 1. The maximum atomic E-state index is 12.2. The lowest BCUT2D eigenvalue weighted by molar-refractivity contribution is -0.193. The lowest BCUT2D eigenvalue weighted by Crippen LogP contribution is -2.54. The van der Waals surface area contributed by atoms with Gasteiger partial charge in [-0.05, 0) is 6.92 Å². The number of carboxylic acid groups (broad SMARTS) is 1. The van der Waals surface area contributed by atoms with Gasteiger partial charge >= 0.3 is 18.1 Å². The second-order valence-electron chi connectivity index (χ2n) is 4.02. The Kier molecular flexibility index (Phi) is 4.20. The van der Waals surface area contributed by atoms with Crippen LogP contribution in [-0.4, -0.2) is 53.4 Å². The number of halogens is 3. The summed E-state index contributed by atoms with van der Waals surface area (Å²) in [7, 11) is 0. The zero-order valence-corrected chi connectivity index (χ0v) is 9.79. The van der Waals surface area contributed by atoms with Gasteiger partial charge < -0.3 is 14.7 Å². The van der Waals surface area contributed by atoms with Crippen LogP contribution < -0.4 is 0 Å². The fourth-order valence-electron chi connectivity index (χ4n) is 1.95. The molecule has 1 fully saturated rings. The number of rotatable bonds is 3. The molecular formula is C10H14F3NO4. The van der Waals surface area contributed by atoms with Gasteiger partial charge in [-0.2, -0.15) is 13.2 Å². The van der Waals surface area contributed by atoms with Crippen molar-refractivity contribution in [3.63, 3.8) is 0 Å². The van der Waals surface area contributed by atoms with Crippen molar-refractivity contribution in [3.05, 3.63) is 0 Å². The first-order chi connectivity index (χ1) is 8.23. The summed E-state index contributed by atoms with van der Waals surface area (Å²) >= 11 is 0. The van der Waals surface area contributed by atoms with Gasteiger partial charge in [-0.15, -0.1) is 0 Å². The quantitative estimate of drug-likeness (QED) is 0.831. The number of carbonyl (C=O) groups excluding carboxylic acids is 1. The molecule has 1 N–H and O–H groups in total. The second-order valence-corrected chi connectivity index (χ2v) is 4.02. The number of carbonyl (C=O) groups is 2. The zero-order chi connectivity index (χ0) is 14.0. The van der Waals surface area contributed by atoms with E-state index in [1.54, 1.807) is 6.92 Å². The van der Waals surface area contributed by atoms with Gasteiger partial charge in [0.25, 0.3) is 0 Å². The van der Waals surface area contributed by atoms with Crippen molar-refractivity contribution in [2.24, 2.45) is 0 Å². The largest absolute Gasteiger partial charge is 0.479 e. The van der Waals surface area contributed by atoms with Gasteiger partial charge in [0.05, 0.1) is 0 Å². The highest BCUT2D eigenvalue weighted by Gasteiger charge is 2.48. The Hall–Kier alpha value is -1.31. The minimum atomic E-state index is -4.92. The van der Waals surface area contributed by atoms with Crippen molar-refractivity contribution in [1.82, 2.24) is 4.90 Å². The SMILES string of the molecule is CCOC1(C(=O)O)CCN(C(=O)C(F)(F)F)CC1. The predicted octanol–water partition coefficient (Wildman–Crippen LogP) is 1.03. The third kappa shape index (κ3) is 2.92. The molecular weight excluding hydrogens is 255 g/mol. The van der Waals surface area contributed by atoms with Crippen LogP contribution in [0.3, 0.4) is 0 Å². The summed E-state index contributed by atoms with van der Waals surface area (Å²) in [6.45, 7) is 1.22. The number of piperidine rings is 1. The van der Waals surface area contributed by atoms with Gasteiger partial charge in [-0.3, -0.25) is 4.79 Å². The molecule has 1 aliphatic rings. The number of amides is 1. The normalized spacial score (nSPS) is 19.7. The van der Waals surface area contributed by atoms with Gasteiger partial charge in [0.15, 0.2) is 5.60 Å². The molecule has 18 heavy (non-hydrogen) atoms. The summed E-state index contributed by atoms with van der Waals surface area (Å²) < 4.78 is 41.7. The summed E-state index contributed by atoms with van der Waals surface area (Å²) in [5.41, 5.74) is -1.48. The number of nitrogens with zero attached hydrogens (tertiary/aromatic N) is 1. The van der Waals surface area contributed by atoms with Crippen molar-refractivity contribution in [2.75, 3.05) is 19.7 Å². The Morgan fingerprint density at radius 1 is 1.33 bits per heavy atom. The summed E-state index contributed by atoms with van der Waals surface area (Å²) in [5, 5.41) is 9.05. The smallest absolute Gasteiger partial charge is 0.471 e. The molecule has 0 aliphatic carbocycles. The van der Waals surface area contributed by atoms with Crippen LogP contribution in [0.2, 0.25) is 0 Å². The monoisotopic (exact) mass is 269 g/mol. The summed E-state index contributed by atoms with van der Waals surface area (Å²) in [4.78, 5) is 22.7. The first-order valence-corrected chi connectivity index (χ1v) is 5.46. The van der Waals surface area contributed by atoms with Gasteiger partial charge in [0.1, 0.15) is 0 Å². The van der Waals surface area contributed by atoms with E-state index in [0.29, 0.717) is 4.90 Å². The minimum absolute atomic E-state index is 0.141. The molecule has 1 heterocycles. The molecule has 1 saturated heterocycles. The Balaban J connectivity index is 2.70. The molecule has 0 atom stereocenters. The number of hydrogen-bond acceptors (Lipinski definition) is 3. The first kappa shape index (κ1) is 14.7. The van der Waals surface area contributed by atoms with E-state index in [1.807, 2.05) is 0 Å². The topological polar surface area (TPSA) is 66.8 Å². The molecule has 5 nitrogen and oxygen atoms in total. The van der Waals surface area contributed by atoms with Crippen LogP contribution in [-0.2, 0) is 14.3 Å². The molecule has 0 unspecified atom stereocenters. The highest BCUT2D eigenvalue weighted by Crippen LogP contribution is 2.29. The Morgan fingerprint density at radius 3 is 2.17 bits per heavy atom. The molecule has 1 rings (SSSR count). The molecule has 0 saturated carbocycles. The molecule has 0 radical (unpaired) electrons. The van der Waals surface area contributed by atoms with Gasteiger partial charge in [-0.1, -0.05) is 0 Å². The van der Waals surface area contributed by atoms with Crippen LogP contribution in [0.15, 0.2) is 0 Å². The summed E-state index contributed by atoms with van der Waals surface area (Å²) in [6.07, 6.45) is -5.20. The molecule has 104 valence electrons. The number of likely N-dealkylation sites (tertiary alicyclic amines) is 1. The van der Waals surface area contributed by atoms with E-state index in [1.165, 1.54) is 0 Å². The average molecular weight is 269 g/mol. The van der Waals surface area contributed by atoms with Crippen molar-refractivity contribution in [3.8, 4) is 0 Å². The van der Waals surface area contributed by atoms with Crippen molar-refractivity contribution in [2.45, 2.75) is 31.5 Å². The van der Waals surface area contributed by atoms with E-state index in [2.05, 4.69) is 0 Å². The fraction of sp³-hybridized carbons (Fsp3) is 0.800. The van der Waals surface area contributed by atoms with E-state index in [9.17, 15) is 22.8 Å². The van der Waals surface area contributed by atoms with Crippen LogP contribution in [0.5, 0.6) is 0 Å². The molecule has 8 heteroatoms. The standard InChI is InChI=1S/C10H14F3NO4/c1-2-18-9(8(16)17)3-5-14(6-4-9)7(15)10(11,12)13/h2-6H2,1H3,(H,16,17). The average Bonchev–Trinajstić information content (AvgIpc) is 2.28. The molecule has 1 aliphatic heterocycles. The zero-order valence-electron chi connectivity index (χ0n) is 9.79. The van der Waals surface area contributed by atoms with Crippen molar-refractivity contribution in [1.29, 1.82) is 0 Å². The summed E-state index contributed by atoms with van der Waals surface area (Å²) in [5.74, 6) is -3.14. The third-order valence-corrected chi connectivity index (χ3v) is 2.91. The minimum Gasteiger partial charge on any atom is -0.479 e. The second kappa shape index (κ2) is 5.13. The van der Waals surface area contributed by atoms with Crippen LogP contribution >= 0.6 is 0 Å². The lowest BCUT2D eigenvalue weighted by Gasteiger charge is -2.38. The number of alkyl halides is 3. The Morgan fingerprint density at radius 2 is 1.83 bits per heavy atom. The Labute approximate surface area is 102 Å². The van der Waals surface area contributed by atoms with Gasteiger partial charge in [0.2, 0.25) is 0 Å². The van der Waals surface area contributed by atoms with Gasteiger partial charge in [-0.25, -0.2) is 4.79 Å². The third-order valence-electron chi connectivity index (χ3n) is 2.91. The molecule has 0 aromatic rings. The molecule has 0 bridgehead atoms. The van der Waals surface area contributed by atoms with E-state index >= 15 is 0 Å². The predicted molar refractivity (Wildman–Crippen MR) is 53.9 cm³/mol. The highest BCUT2D eigenvalue weighted by molar-refractivity contribution is 5.83.